The summed E-state index contributed by atoms with van der Waals surface area (Å²) in [4.78, 5) is 43.9. The predicted octanol–water partition coefficient (Wildman–Crippen LogP) is 3.21. The first-order valence-electron chi connectivity index (χ1n) is 13.0. The lowest BCUT2D eigenvalue weighted by atomic mass is 9.49. The van der Waals surface area contributed by atoms with E-state index in [9.17, 15) is 22.8 Å². The Morgan fingerprint density at radius 3 is 2.03 bits per heavy atom. The highest BCUT2D eigenvalue weighted by Gasteiger charge is 2.57. The molecule has 1 heterocycles. The van der Waals surface area contributed by atoms with E-state index in [1.54, 1.807) is 4.90 Å². The first-order valence-corrected chi connectivity index (χ1v) is 14.5. The standard InChI is InChI=1S/C28H31N3O5S/c29-37(35,36)23-8-6-22(7-9-23)31-25(32)13-24(26(31)33)30(17-18-4-2-1-3-5-18)27(34)28-14-19-10-20(15-28)12-21(11-19)16-28/h1-9,19-21,24H,10-17H2,(H2,29,35,36). The number of sulfonamides is 1. The van der Waals surface area contributed by atoms with Gasteiger partial charge in [-0.3, -0.25) is 14.4 Å². The van der Waals surface area contributed by atoms with E-state index < -0.39 is 33.3 Å². The van der Waals surface area contributed by atoms with Gasteiger partial charge in [0.05, 0.1) is 22.4 Å². The number of primary sulfonamides is 1. The topological polar surface area (TPSA) is 118 Å². The van der Waals surface area contributed by atoms with E-state index in [2.05, 4.69) is 0 Å². The van der Waals surface area contributed by atoms with Crippen molar-refractivity contribution in [3.8, 4) is 0 Å². The first kappa shape index (κ1) is 24.3. The van der Waals surface area contributed by atoms with E-state index in [-0.39, 0.29) is 29.5 Å². The first-order chi connectivity index (χ1) is 17.6. The quantitative estimate of drug-likeness (QED) is 0.586. The summed E-state index contributed by atoms with van der Waals surface area (Å²) in [7, 11) is -3.90. The van der Waals surface area contributed by atoms with Crippen LogP contribution in [0.4, 0.5) is 5.69 Å². The van der Waals surface area contributed by atoms with Crippen LogP contribution >= 0.6 is 0 Å². The van der Waals surface area contributed by atoms with Gasteiger partial charge in [-0.25, -0.2) is 18.5 Å². The Morgan fingerprint density at radius 1 is 0.919 bits per heavy atom. The molecule has 1 aliphatic heterocycles. The van der Waals surface area contributed by atoms with Crippen LogP contribution in [0.25, 0.3) is 0 Å². The number of hydrogen-bond donors (Lipinski definition) is 1. The molecule has 7 rings (SSSR count). The lowest BCUT2D eigenvalue weighted by molar-refractivity contribution is -0.162. The molecule has 1 atom stereocenters. The average molecular weight is 522 g/mol. The minimum absolute atomic E-state index is 0.00743. The van der Waals surface area contributed by atoms with Crippen molar-refractivity contribution < 1.29 is 22.8 Å². The summed E-state index contributed by atoms with van der Waals surface area (Å²) in [6.07, 6.45) is 6.13. The van der Waals surface area contributed by atoms with E-state index in [1.807, 2.05) is 30.3 Å². The zero-order valence-electron chi connectivity index (χ0n) is 20.6. The Morgan fingerprint density at radius 2 is 1.49 bits per heavy atom. The number of benzene rings is 2. The summed E-state index contributed by atoms with van der Waals surface area (Å²) in [6, 6.07) is 14.1. The van der Waals surface area contributed by atoms with Gasteiger partial charge in [-0.15, -0.1) is 0 Å². The van der Waals surface area contributed by atoms with E-state index in [0.29, 0.717) is 17.8 Å². The molecule has 4 saturated carbocycles. The number of rotatable bonds is 6. The van der Waals surface area contributed by atoms with Gasteiger partial charge in [-0.2, -0.15) is 0 Å². The van der Waals surface area contributed by atoms with Gasteiger partial charge in [0.2, 0.25) is 21.8 Å². The smallest absolute Gasteiger partial charge is 0.257 e. The van der Waals surface area contributed by atoms with Gasteiger partial charge in [0.1, 0.15) is 6.04 Å². The van der Waals surface area contributed by atoms with Crippen molar-refractivity contribution in [1.82, 2.24) is 4.90 Å². The predicted molar refractivity (Wildman–Crippen MR) is 136 cm³/mol. The van der Waals surface area contributed by atoms with Crippen LogP contribution in [0.3, 0.4) is 0 Å². The summed E-state index contributed by atoms with van der Waals surface area (Å²) in [6.45, 7) is 0.267. The molecule has 5 aliphatic rings. The maximum absolute atomic E-state index is 14.4. The molecule has 5 fully saturated rings. The molecule has 0 spiro atoms. The van der Waals surface area contributed by atoms with E-state index in [4.69, 9.17) is 5.14 Å². The maximum atomic E-state index is 14.4. The fourth-order valence-corrected chi connectivity index (χ4v) is 8.21. The van der Waals surface area contributed by atoms with Crippen LogP contribution in [0.1, 0.15) is 50.5 Å². The van der Waals surface area contributed by atoms with Gasteiger partial charge in [-0.1, -0.05) is 30.3 Å². The largest absolute Gasteiger partial charge is 0.325 e. The van der Waals surface area contributed by atoms with Crippen molar-refractivity contribution in [3.05, 3.63) is 60.2 Å². The number of imide groups is 1. The highest BCUT2D eigenvalue weighted by Crippen LogP contribution is 2.60. The minimum Gasteiger partial charge on any atom is -0.325 e. The second kappa shape index (κ2) is 8.77. The van der Waals surface area contributed by atoms with Crippen LogP contribution in [-0.2, 0) is 31.0 Å². The second-order valence-corrected chi connectivity index (χ2v) is 13.0. The number of nitrogens with two attached hydrogens (primary N) is 1. The normalized spacial score (nSPS) is 30.7. The molecule has 4 bridgehead atoms. The summed E-state index contributed by atoms with van der Waals surface area (Å²) in [5.41, 5.74) is 0.737. The van der Waals surface area contributed by atoms with Crippen molar-refractivity contribution in [2.75, 3.05) is 4.90 Å². The molecule has 8 nitrogen and oxygen atoms in total. The second-order valence-electron chi connectivity index (χ2n) is 11.4. The average Bonchev–Trinajstić information content (AvgIpc) is 3.15. The molecule has 1 unspecified atom stereocenters. The molecule has 2 N–H and O–H groups in total. The van der Waals surface area contributed by atoms with Crippen LogP contribution in [0.5, 0.6) is 0 Å². The molecule has 1 saturated heterocycles. The van der Waals surface area contributed by atoms with Crippen LogP contribution in [0.15, 0.2) is 59.5 Å². The molecule has 0 aromatic heterocycles. The number of hydrogen-bond acceptors (Lipinski definition) is 5. The van der Waals surface area contributed by atoms with Gasteiger partial charge >= 0.3 is 0 Å². The molecule has 3 amide bonds. The third-order valence-corrected chi connectivity index (χ3v) is 9.80. The van der Waals surface area contributed by atoms with Crippen molar-refractivity contribution in [2.24, 2.45) is 28.3 Å². The maximum Gasteiger partial charge on any atom is 0.257 e. The Kier molecular flexibility index (Phi) is 5.76. The van der Waals surface area contributed by atoms with Gasteiger partial charge in [0.15, 0.2) is 0 Å². The van der Waals surface area contributed by atoms with Gasteiger partial charge in [0, 0.05) is 6.54 Å². The lowest BCUT2D eigenvalue weighted by Crippen LogP contribution is -2.57. The lowest BCUT2D eigenvalue weighted by Gasteiger charge is -2.57. The Labute approximate surface area is 216 Å². The zero-order chi connectivity index (χ0) is 25.9. The van der Waals surface area contributed by atoms with E-state index in [1.165, 1.54) is 43.5 Å². The van der Waals surface area contributed by atoms with Gasteiger partial charge in [-0.05, 0) is 86.1 Å². The Hall–Kier alpha value is -3.04. The summed E-state index contributed by atoms with van der Waals surface area (Å²) < 4.78 is 23.3. The van der Waals surface area contributed by atoms with Crippen LogP contribution in [0.2, 0.25) is 0 Å². The third kappa shape index (κ3) is 4.28. The van der Waals surface area contributed by atoms with Crippen molar-refractivity contribution in [3.63, 3.8) is 0 Å². The molecule has 9 heteroatoms. The SMILES string of the molecule is NS(=O)(=O)c1ccc(N2C(=O)CC(N(Cc3ccccc3)C(=O)C34CC5CC(CC(C5)C3)C4)C2=O)cc1. The summed E-state index contributed by atoms with van der Waals surface area (Å²) in [5, 5.41) is 5.19. The molecule has 2 aromatic carbocycles. The molecule has 194 valence electrons. The van der Waals surface area contributed by atoms with E-state index >= 15 is 0 Å². The summed E-state index contributed by atoms with van der Waals surface area (Å²) >= 11 is 0. The monoisotopic (exact) mass is 521 g/mol. The fourth-order valence-electron chi connectivity index (χ4n) is 7.70. The molecular weight excluding hydrogens is 490 g/mol. The highest BCUT2D eigenvalue weighted by atomic mass is 32.2. The van der Waals surface area contributed by atoms with Crippen LogP contribution < -0.4 is 10.0 Å². The van der Waals surface area contributed by atoms with Crippen molar-refractivity contribution >= 4 is 33.4 Å². The fraction of sp³-hybridized carbons (Fsp3) is 0.464. The molecular formula is C28H31N3O5S. The van der Waals surface area contributed by atoms with E-state index in [0.717, 1.165) is 29.7 Å². The van der Waals surface area contributed by atoms with Gasteiger partial charge in [0.25, 0.3) is 5.91 Å². The number of carbonyl (C=O) groups excluding carboxylic acids is 3. The minimum atomic E-state index is -3.90. The zero-order valence-corrected chi connectivity index (χ0v) is 21.4. The summed E-state index contributed by atoms with van der Waals surface area (Å²) in [5.74, 6) is 0.862. The Balaban J connectivity index is 1.32. The molecule has 4 aliphatic carbocycles. The molecule has 2 aromatic rings. The number of amides is 3. The van der Waals surface area contributed by atoms with Gasteiger partial charge < -0.3 is 4.90 Å². The molecule has 0 radical (unpaired) electrons. The highest BCUT2D eigenvalue weighted by molar-refractivity contribution is 7.89. The number of nitrogens with zero attached hydrogens (tertiary/aromatic N) is 2. The number of carbonyl (C=O) groups is 3. The Bertz CT molecular complexity index is 1320. The van der Waals surface area contributed by atoms with Crippen molar-refractivity contribution in [2.45, 2.75) is 62.4 Å². The van der Waals surface area contributed by atoms with Crippen LogP contribution in [0, 0.1) is 23.2 Å². The third-order valence-electron chi connectivity index (χ3n) is 8.87. The molecule has 37 heavy (non-hydrogen) atoms. The number of anilines is 1. The van der Waals surface area contributed by atoms with Crippen LogP contribution in [-0.4, -0.2) is 37.1 Å². The van der Waals surface area contributed by atoms with Crippen molar-refractivity contribution in [1.29, 1.82) is 0 Å².